The highest BCUT2D eigenvalue weighted by atomic mass is 19.1. The number of hydrogen-bond acceptors (Lipinski definition) is 8. The summed E-state index contributed by atoms with van der Waals surface area (Å²) in [6, 6.07) is 10.7. The van der Waals surface area contributed by atoms with Crippen LogP contribution in [0.1, 0.15) is 53.7 Å². The summed E-state index contributed by atoms with van der Waals surface area (Å²) in [6.07, 6.45) is 2.89. The van der Waals surface area contributed by atoms with Gasteiger partial charge in [-0.15, -0.1) is 0 Å². The summed E-state index contributed by atoms with van der Waals surface area (Å²) in [4.78, 5) is 42.5. The number of carbonyl (C=O) groups is 3. The smallest absolute Gasteiger partial charge is 0.360 e. The summed E-state index contributed by atoms with van der Waals surface area (Å²) in [6.45, 7) is 3.66. The zero-order valence-corrected chi connectivity index (χ0v) is 22.2. The van der Waals surface area contributed by atoms with Crippen molar-refractivity contribution in [2.24, 2.45) is 5.92 Å². The van der Waals surface area contributed by atoms with E-state index in [1.165, 1.54) is 19.2 Å². The van der Waals surface area contributed by atoms with Gasteiger partial charge in [-0.1, -0.05) is 26.0 Å². The van der Waals surface area contributed by atoms with Crippen LogP contribution in [0.15, 0.2) is 59.2 Å². The molecule has 2 unspecified atom stereocenters. The Morgan fingerprint density at radius 1 is 1.15 bits per heavy atom. The predicted octanol–water partition coefficient (Wildman–Crippen LogP) is 3.76. The Hall–Kier alpha value is -4.67. The van der Waals surface area contributed by atoms with Gasteiger partial charge in [0.05, 0.1) is 13.0 Å². The van der Waals surface area contributed by atoms with E-state index in [9.17, 15) is 18.8 Å². The van der Waals surface area contributed by atoms with Crippen LogP contribution in [0, 0.1) is 11.7 Å². The molecule has 3 heterocycles. The van der Waals surface area contributed by atoms with E-state index in [1.807, 2.05) is 32.0 Å². The van der Waals surface area contributed by atoms with Gasteiger partial charge in [0.15, 0.2) is 11.9 Å². The second-order valence-corrected chi connectivity index (χ2v) is 9.98. The quantitative estimate of drug-likeness (QED) is 0.411. The molecule has 2 bridgehead atoms. The fraction of sp³-hybridized carbons (Fsp3) is 0.310. The molecule has 0 fully saturated rings. The number of rotatable bonds is 5. The number of oxazole rings is 1. The van der Waals surface area contributed by atoms with Crippen LogP contribution in [0.4, 0.5) is 10.1 Å². The van der Waals surface area contributed by atoms with E-state index in [4.69, 9.17) is 13.9 Å². The molecule has 2 aliphatic rings. The highest BCUT2D eigenvalue weighted by Crippen LogP contribution is 2.41. The molecule has 0 aliphatic carbocycles. The maximum Gasteiger partial charge on any atom is 0.360 e. The van der Waals surface area contributed by atoms with Gasteiger partial charge >= 0.3 is 5.97 Å². The number of hydrogen-bond donors (Lipinski definition) is 3. The second-order valence-electron chi connectivity index (χ2n) is 9.98. The molecule has 40 heavy (non-hydrogen) atoms. The number of ether oxygens (including phenoxy) is 2. The third kappa shape index (κ3) is 5.68. The third-order valence-electron chi connectivity index (χ3n) is 6.81. The molecule has 0 spiro atoms. The first-order valence-corrected chi connectivity index (χ1v) is 12.9. The zero-order valence-electron chi connectivity index (χ0n) is 22.2. The molecule has 10 nitrogen and oxygen atoms in total. The average molecular weight is 549 g/mol. The first-order valence-electron chi connectivity index (χ1n) is 12.9. The summed E-state index contributed by atoms with van der Waals surface area (Å²) in [5.41, 5.74) is 2.46. The molecule has 3 N–H and O–H groups in total. The van der Waals surface area contributed by atoms with E-state index in [-0.39, 0.29) is 41.3 Å². The van der Waals surface area contributed by atoms with Crippen LogP contribution in [0.2, 0.25) is 0 Å². The minimum atomic E-state index is -0.835. The SMILES string of the molecule is COC(=O)c1coc(/C2=C\C3c4cc(ccc4O[C@H]3Nc3ccc(F)cc3)CCC(=O)NC(C(C)C)C(=O)N2)n1. The number of benzene rings is 2. The number of methoxy groups -OCH3 is 1. The minimum Gasteiger partial charge on any atom is -0.469 e. The molecule has 3 atom stereocenters. The van der Waals surface area contributed by atoms with Crippen molar-refractivity contribution in [2.45, 2.75) is 44.9 Å². The first kappa shape index (κ1) is 26.9. The van der Waals surface area contributed by atoms with Crippen LogP contribution in [0.25, 0.3) is 5.70 Å². The molecule has 2 aliphatic heterocycles. The summed E-state index contributed by atoms with van der Waals surface area (Å²) < 4.78 is 30.1. The molecular formula is C29H29FN4O6. The first-order chi connectivity index (χ1) is 19.2. The number of fused-ring (bicyclic) bond motifs is 1. The number of carbonyl (C=O) groups excluding carboxylic acids is 3. The highest BCUT2D eigenvalue weighted by molar-refractivity contribution is 5.93. The lowest BCUT2D eigenvalue weighted by Crippen LogP contribution is -2.49. The second kappa shape index (κ2) is 11.2. The molecule has 11 heteroatoms. The average Bonchev–Trinajstić information content (AvgIpc) is 3.55. The van der Waals surface area contributed by atoms with Crippen molar-refractivity contribution in [3.05, 3.63) is 83.3 Å². The van der Waals surface area contributed by atoms with Gasteiger partial charge in [-0.3, -0.25) is 9.59 Å². The van der Waals surface area contributed by atoms with Crippen LogP contribution in [0.3, 0.4) is 0 Å². The maximum atomic E-state index is 13.5. The number of aryl methyl sites for hydroxylation is 1. The fourth-order valence-electron chi connectivity index (χ4n) is 4.69. The van der Waals surface area contributed by atoms with E-state index in [2.05, 4.69) is 20.9 Å². The summed E-state index contributed by atoms with van der Waals surface area (Å²) in [7, 11) is 1.22. The molecule has 5 rings (SSSR count). The standard InChI is InChI=1S/C29H29FN4O6/c1-15(2)25-26(36)32-21(28-33-22(14-39-28)29(37)38-3)13-20-19-12-16(5-11-24(35)34-25)4-10-23(19)40-27(20)31-18-8-6-17(30)7-9-18/h4,6-10,12-15,20,25,27,31H,5,11H2,1-3H3,(H,32,36)(H,34,35)/b21-13+/t20?,25?,27-/m1/s1. The summed E-state index contributed by atoms with van der Waals surface area (Å²) in [5, 5.41) is 8.96. The van der Waals surface area contributed by atoms with Crippen molar-refractivity contribution in [1.82, 2.24) is 15.6 Å². The van der Waals surface area contributed by atoms with E-state index < -0.39 is 30.1 Å². The van der Waals surface area contributed by atoms with Crippen molar-refractivity contribution >= 4 is 29.2 Å². The molecule has 0 radical (unpaired) electrons. The lowest BCUT2D eigenvalue weighted by molar-refractivity contribution is -0.129. The van der Waals surface area contributed by atoms with E-state index >= 15 is 0 Å². The number of aromatic nitrogens is 1. The van der Waals surface area contributed by atoms with Gasteiger partial charge in [0, 0.05) is 17.7 Å². The van der Waals surface area contributed by atoms with Crippen LogP contribution in [-0.4, -0.2) is 42.1 Å². The molecule has 0 saturated carbocycles. The van der Waals surface area contributed by atoms with Crippen molar-refractivity contribution in [3.63, 3.8) is 0 Å². The number of anilines is 1. The Kier molecular flexibility index (Phi) is 7.54. The molecule has 3 aromatic rings. The van der Waals surface area contributed by atoms with Gasteiger partial charge in [0.1, 0.15) is 29.6 Å². The molecular weight excluding hydrogens is 519 g/mol. The van der Waals surface area contributed by atoms with Crippen molar-refractivity contribution in [1.29, 1.82) is 0 Å². The van der Waals surface area contributed by atoms with E-state index in [1.54, 1.807) is 18.2 Å². The zero-order chi connectivity index (χ0) is 28.4. The Morgan fingerprint density at radius 3 is 2.65 bits per heavy atom. The molecule has 0 saturated heterocycles. The van der Waals surface area contributed by atoms with E-state index in [0.29, 0.717) is 17.9 Å². The number of nitrogens with one attached hydrogen (secondary N) is 3. The summed E-state index contributed by atoms with van der Waals surface area (Å²) >= 11 is 0. The van der Waals surface area contributed by atoms with Crippen LogP contribution >= 0.6 is 0 Å². The monoisotopic (exact) mass is 548 g/mol. The van der Waals surface area contributed by atoms with Crippen LogP contribution in [-0.2, 0) is 20.7 Å². The van der Waals surface area contributed by atoms with Crippen LogP contribution in [0.5, 0.6) is 5.75 Å². The molecule has 2 aromatic carbocycles. The Balaban J connectivity index is 1.62. The van der Waals surface area contributed by atoms with Gasteiger partial charge in [-0.05, 0) is 54.3 Å². The third-order valence-corrected chi connectivity index (χ3v) is 6.81. The molecule has 208 valence electrons. The topological polar surface area (TPSA) is 132 Å². The van der Waals surface area contributed by atoms with Crippen LogP contribution < -0.4 is 20.7 Å². The normalized spacial score (nSPS) is 22.0. The lowest BCUT2D eigenvalue weighted by Gasteiger charge is -2.23. The highest BCUT2D eigenvalue weighted by Gasteiger charge is 2.36. The number of halogens is 1. The minimum absolute atomic E-state index is 0.0254. The number of amides is 2. The van der Waals surface area contributed by atoms with Gasteiger partial charge in [-0.25, -0.2) is 14.2 Å². The maximum absolute atomic E-state index is 13.5. The van der Waals surface area contributed by atoms with Crippen molar-refractivity contribution < 1.29 is 32.7 Å². The Morgan fingerprint density at radius 2 is 1.93 bits per heavy atom. The predicted molar refractivity (Wildman–Crippen MR) is 143 cm³/mol. The number of esters is 1. The molecule has 2 amide bonds. The van der Waals surface area contributed by atoms with Crippen molar-refractivity contribution in [2.75, 3.05) is 12.4 Å². The van der Waals surface area contributed by atoms with Gasteiger partial charge < -0.3 is 29.8 Å². The Labute approximate surface area is 229 Å². The number of nitrogens with zero attached hydrogens (tertiary/aromatic N) is 1. The van der Waals surface area contributed by atoms with Gasteiger partial charge in [0.25, 0.3) is 0 Å². The van der Waals surface area contributed by atoms with Crippen molar-refractivity contribution in [3.8, 4) is 5.75 Å². The Bertz CT molecular complexity index is 1470. The summed E-state index contributed by atoms with van der Waals surface area (Å²) in [5.74, 6) is -1.92. The molecule has 1 aromatic heterocycles. The van der Waals surface area contributed by atoms with Gasteiger partial charge in [0.2, 0.25) is 17.7 Å². The van der Waals surface area contributed by atoms with Gasteiger partial charge in [-0.2, -0.15) is 0 Å². The lowest BCUT2D eigenvalue weighted by atomic mass is 9.94. The largest absolute Gasteiger partial charge is 0.469 e. The fourth-order valence-corrected chi connectivity index (χ4v) is 4.69. The van der Waals surface area contributed by atoms with E-state index in [0.717, 1.165) is 17.4 Å².